The number of aliphatic hydroxyl groups is 1. The molecule has 8 heteroatoms. The molecule has 166 valence electrons. The summed E-state index contributed by atoms with van der Waals surface area (Å²) in [6.45, 7) is 3.22. The monoisotopic (exact) mass is 427 g/mol. The zero-order valence-electron chi connectivity index (χ0n) is 17.6. The van der Waals surface area contributed by atoms with Crippen LogP contribution in [0.1, 0.15) is 77.6 Å². The Kier molecular flexibility index (Phi) is 8.10. The Morgan fingerprint density at radius 3 is 2.72 bits per heavy atom. The molecule has 3 fully saturated rings. The third-order valence-corrected chi connectivity index (χ3v) is 8.43. The minimum absolute atomic E-state index is 0.0122. The number of aliphatic hydroxyl groups excluding tert-OH is 1. The predicted molar refractivity (Wildman–Crippen MR) is 115 cm³/mol. The molecule has 0 bridgehead atoms. The summed E-state index contributed by atoms with van der Waals surface area (Å²) in [7, 11) is 0. The zero-order valence-corrected chi connectivity index (χ0v) is 18.5. The highest BCUT2D eigenvalue weighted by molar-refractivity contribution is 8.00. The number of nitrogens with one attached hydrogen (secondary N) is 1. The number of aliphatic carboxylic acids is 1. The lowest BCUT2D eigenvalue weighted by atomic mass is 9.85. The van der Waals surface area contributed by atoms with Gasteiger partial charge in [0.1, 0.15) is 4.87 Å². The molecular weight excluding hydrogens is 390 g/mol. The van der Waals surface area contributed by atoms with E-state index >= 15 is 0 Å². The van der Waals surface area contributed by atoms with Gasteiger partial charge in [0.05, 0.1) is 12.1 Å². The van der Waals surface area contributed by atoms with E-state index in [0.29, 0.717) is 25.4 Å². The van der Waals surface area contributed by atoms with Crippen molar-refractivity contribution in [1.82, 2.24) is 15.3 Å². The summed E-state index contributed by atoms with van der Waals surface area (Å²) in [6.07, 6.45) is 10.0. The van der Waals surface area contributed by atoms with Gasteiger partial charge >= 0.3 is 12.0 Å². The molecule has 0 radical (unpaired) electrons. The highest BCUT2D eigenvalue weighted by atomic mass is 32.2. The van der Waals surface area contributed by atoms with Gasteiger partial charge in [-0.25, -0.2) is 10.2 Å². The smallest absolute Gasteiger partial charge is 0.335 e. The quantitative estimate of drug-likeness (QED) is 0.438. The Morgan fingerprint density at radius 1 is 1.28 bits per heavy atom. The standard InChI is InChI=1S/C21H37N3O4S/c1-2-13-23-20(28)24(22-15-17(25)16-8-4-3-5-9-16)18-10-6-12-21(18,23)29-14-7-11-19(26)27/h16-18,22,25H,2-15H2,1H3,(H,26,27)/t17-,18+,21+/m1/s1. The zero-order chi connectivity index (χ0) is 20.9. The Labute approximate surface area is 178 Å². The number of amides is 2. The van der Waals surface area contributed by atoms with Crippen LogP contribution in [0.15, 0.2) is 0 Å². The summed E-state index contributed by atoms with van der Waals surface area (Å²) in [5.41, 5.74) is 3.31. The van der Waals surface area contributed by atoms with Crippen LogP contribution in [0.3, 0.4) is 0 Å². The van der Waals surface area contributed by atoms with Crippen LogP contribution in [0.25, 0.3) is 0 Å². The van der Waals surface area contributed by atoms with Crippen molar-refractivity contribution in [3.05, 3.63) is 0 Å². The predicted octanol–water partition coefficient (Wildman–Crippen LogP) is 3.43. The summed E-state index contributed by atoms with van der Waals surface area (Å²) in [4.78, 5) is 25.8. The van der Waals surface area contributed by atoms with E-state index in [-0.39, 0.29) is 23.4 Å². The SMILES string of the molecule is CCCN1C(=O)N(NC[C@@H](O)C2CCCCC2)[C@H]2CCC[C@]21SCCCC(=O)O. The fraction of sp³-hybridized carbons (Fsp3) is 0.905. The first kappa shape index (κ1) is 22.7. The Hall–Kier alpha value is -0.990. The van der Waals surface area contributed by atoms with Crippen molar-refractivity contribution < 1.29 is 19.8 Å². The molecule has 0 unspecified atom stereocenters. The maximum absolute atomic E-state index is 13.2. The van der Waals surface area contributed by atoms with E-state index in [2.05, 4.69) is 12.3 Å². The van der Waals surface area contributed by atoms with Crippen LogP contribution >= 0.6 is 11.8 Å². The minimum atomic E-state index is -0.765. The number of hydrazine groups is 1. The van der Waals surface area contributed by atoms with Crippen molar-refractivity contribution >= 4 is 23.8 Å². The van der Waals surface area contributed by atoms with Gasteiger partial charge in [0.2, 0.25) is 0 Å². The van der Waals surface area contributed by atoms with Gasteiger partial charge in [-0.3, -0.25) is 9.80 Å². The second kappa shape index (κ2) is 10.4. The van der Waals surface area contributed by atoms with Gasteiger partial charge < -0.3 is 15.1 Å². The number of urea groups is 1. The van der Waals surface area contributed by atoms with Crippen LogP contribution in [0, 0.1) is 5.92 Å². The normalized spacial score (nSPS) is 28.8. The number of carbonyl (C=O) groups excluding carboxylic acids is 1. The molecular formula is C21H37N3O4S. The number of carbonyl (C=O) groups is 2. The van der Waals surface area contributed by atoms with E-state index in [0.717, 1.165) is 44.3 Å². The van der Waals surface area contributed by atoms with Crippen LogP contribution in [0.2, 0.25) is 0 Å². The fourth-order valence-corrected chi connectivity index (χ4v) is 6.97. The Balaban J connectivity index is 1.64. The third-order valence-electron chi connectivity index (χ3n) is 6.74. The van der Waals surface area contributed by atoms with E-state index in [4.69, 9.17) is 5.11 Å². The highest BCUT2D eigenvalue weighted by Crippen LogP contribution is 2.51. The number of hydrogen-bond donors (Lipinski definition) is 3. The van der Waals surface area contributed by atoms with E-state index in [9.17, 15) is 14.7 Å². The van der Waals surface area contributed by atoms with Gasteiger partial charge in [-0.15, -0.1) is 11.8 Å². The third kappa shape index (κ3) is 5.02. The molecule has 0 aromatic carbocycles. The Bertz CT molecular complexity index is 572. The van der Waals surface area contributed by atoms with E-state index in [1.54, 1.807) is 16.8 Å². The van der Waals surface area contributed by atoms with Gasteiger partial charge in [-0.2, -0.15) is 0 Å². The maximum Gasteiger partial charge on any atom is 0.335 e. The number of carboxylic acids is 1. The van der Waals surface area contributed by atoms with Crippen molar-refractivity contribution in [3.8, 4) is 0 Å². The van der Waals surface area contributed by atoms with Crippen LogP contribution in [0.5, 0.6) is 0 Å². The first-order valence-corrected chi connectivity index (χ1v) is 12.4. The summed E-state index contributed by atoms with van der Waals surface area (Å²) < 4.78 is 0. The largest absolute Gasteiger partial charge is 0.481 e. The summed E-state index contributed by atoms with van der Waals surface area (Å²) >= 11 is 1.76. The molecule has 29 heavy (non-hydrogen) atoms. The Morgan fingerprint density at radius 2 is 2.03 bits per heavy atom. The van der Waals surface area contributed by atoms with Gasteiger partial charge in [0.15, 0.2) is 0 Å². The van der Waals surface area contributed by atoms with Crippen molar-refractivity contribution in [2.45, 2.75) is 94.6 Å². The molecule has 3 rings (SSSR count). The van der Waals surface area contributed by atoms with Crippen LogP contribution in [0.4, 0.5) is 4.79 Å². The molecule has 1 saturated heterocycles. The lowest BCUT2D eigenvalue weighted by Crippen LogP contribution is -2.50. The van der Waals surface area contributed by atoms with Crippen molar-refractivity contribution in [2.75, 3.05) is 18.8 Å². The van der Waals surface area contributed by atoms with Crippen LogP contribution in [-0.4, -0.2) is 68.0 Å². The molecule has 0 spiro atoms. The molecule has 1 aliphatic heterocycles. The van der Waals surface area contributed by atoms with Crippen molar-refractivity contribution in [1.29, 1.82) is 0 Å². The van der Waals surface area contributed by atoms with Crippen LogP contribution in [-0.2, 0) is 4.79 Å². The molecule has 3 N–H and O–H groups in total. The molecule has 3 atom stereocenters. The first-order chi connectivity index (χ1) is 14.0. The van der Waals surface area contributed by atoms with Gasteiger partial charge in [-0.1, -0.05) is 26.2 Å². The van der Waals surface area contributed by atoms with Crippen molar-refractivity contribution in [2.24, 2.45) is 5.92 Å². The highest BCUT2D eigenvalue weighted by Gasteiger charge is 2.59. The molecule has 3 aliphatic rings. The average molecular weight is 428 g/mol. The molecule has 2 amide bonds. The molecule has 1 heterocycles. The number of fused-ring (bicyclic) bond motifs is 1. The molecule has 0 aromatic rings. The van der Waals surface area contributed by atoms with E-state index in [1.165, 1.54) is 19.3 Å². The topological polar surface area (TPSA) is 93.1 Å². The number of carboxylic acid groups (broad SMARTS) is 1. The molecule has 2 aliphatic carbocycles. The fourth-order valence-electron chi connectivity index (χ4n) is 5.29. The first-order valence-electron chi connectivity index (χ1n) is 11.4. The molecule has 0 aromatic heterocycles. The number of nitrogens with zero attached hydrogens (tertiary/aromatic N) is 2. The summed E-state index contributed by atoms with van der Waals surface area (Å²) in [6, 6.07) is 0.0908. The lowest BCUT2D eigenvalue weighted by Gasteiger charge is -2.36. The number of rotatable bonds is 11. The minimum Gasteiger partial charge on any atom is -0.481 e. The maximum atomic E-state index is 13.2. The van der Waals surface area contributed by atoms with Gasteiger partial charge in [0.25, 0.3) is 0 Å². The summed E-state index contributed by atoms with van der Waals surface area (Å²) in [5, 5.41) is 21.4. The second-order valence-electron chi connectivity index (χ2n) is 8.73. The number of hydrogen-bond acceptors (Lipinski definition) is 5. The average Bonchev–Trinajstić information content (AvgIpc) is 3.22. The van der Waals surface area contributed by atoms with E-state index in [1.807, 2.05) is 4.90 Å². The van der Waals surface area contributed by atoms with Crippen molar-refractivity contribution in [3.63, 3.8) is 0 Å². The van der Waals surface area contributed by atoms with Crippen LogP contribution < -0.4 is 5.43 Å². The lowest BCUT2D eigenvalue weighted by molar-refractivity contribution is -0.137. The molecule has 2 saturated carbocycles. The molecule has 7 nitrogen and oxygen atoms in total. The number of thioether (sulfide) groups is 1. The van der Waals surface area contributed by atoms with E-state index < -0.39 is 12.1 Å². The summed E-state index contributed by atoms with van der Waals surface area (Å²) in [5.74, 6) is 0.313. The van der Waals surface area contributed by atoms with Gasteiger partial charge in [0, 0.05) is 19.5 Å². The second-order valence-corrected chi connectivity index (χ2v) is 10.1. The van der Waals surface area contributed by atoms with Gasteiger partial charge in [-0.05, 0) is 56.6 Å².